The van der Waals surface area contributed by atoms with E-state index in [1.165, 1.54) is 28.6 Å². The van der Waals surface area contributed by atoms with E-state index in [1.54, 1.807) is 68.2 Å². The average Bonchev–Trinajstić information content (AvgIpc) is 3.34. The third-order valence-electron chi connectivity index (χ3n) is 5.15. The number of nitrogens with one attached hydrogen (secondary N) is 2. The molecular weight excluding hydrogens is 442 g/mol. The van der Waals surface area contributed by atoms with Gasteiger partial charge in [-0.3, -0.25) is 14.3 Å². The minimum atomic E-state index is -3.59. The summed E-state index contributed by atoms with van der Waals surface area (Å²) in [7, 11) is -3.59. The molecule has 10 heteroatoms. The second-order valence-electron chi connectivity index (χ2n) is 7.30. The average molecular weight is 470 g/mol. The summed E-state index contributed by atoms with van der Waals surface area (Å²) in [5.74, 6) is -0.637. The maximum Gasteiger partial charge on any atom is 0.255 e. The molecule has 1 heterocycles. The summed E-state index contributed by atoms with van der Waals surface area (Å²) in [5.41, 5.74) is 1.33. The first kappa shape index (κ1) is 24.1. The third kappa shape index (κ3) is 5.65. The second kappa shape index (κ2) is 10.4. The van der Waals surface area contributed by atoms with E-state index in [0.29, 0.717) is 30.0 Å². The lowest BCUT2D eigenvalue weighted by Crippen LogP contribution is -2.30. The fourth-order valence-corrected chi connectivity index (χ4v) is 4.70. The van der Waals surface area contributed by atoms with E-state index in [2.05, 4.69) is 15.7 Å². The minimum absolute atomic E-state index is 0.138. The summed E-state index contributed by atoms with van der Waals surface area (Å²) >= 11 is 0. The summed E-state index contributed by atoms with van der Waals surface area (Å²) in [6, 6.07) is 13.8. The van der Waals surface area contributed by atoms with Crippen molar-refractivity contribution in [2.24, 2.45) is 0 Å². The van der Waals surface area contributed by atoms with Gasteiger partial charge in [-0.2, -0.15) is 9.40 Å². The number of hydrogen-bond donors (Lipinski definition) is 2. The van der Waals surface area contributed by atoms with Crippen molar-refractivity contribution in [1.82, 2.24) is 14.1 Å². The fraction of sp³-hybridized carbons (Fsp3) is 0.261. The van der Waals surface area contributed by atoms with Crippen molar-refractivity contribution < 1.29 is 18.0 Å². The monoisotopic (exact) mass is 469 g/mol. The Balaban J connectivity index is 1.68. The van der Waals surface area contributed by atoms with Crippen LogP contribution < -0.4 is 10.6 Å². The van der Waals surface area contributed by atoms with Crippen molar-refractivity contribution in [3.05, 3.63) is 72.6 Å². The Bertz CT molecular complexity index is 1200. The Morgan fingerprint density at radius 3 is 2.21 bits per heavy atom. The predicted octanol–water partition coefficient (Wildman–Crippen LogP) is 3.37. The summed E-state index contributed by atoms with van der Waals surface area (Å²) in [5, 5.41) is 9.64. The Labute approximate surface area is 193 Å². The van der Waals surface area contributed by atoms with Gasteiger partial charge in [0.05, 0.1) is 4.90 Å². The highest BCUT2D eigenvalue weighted by Crippen LogP contribution is 2.19. The van der Waals surface area contributed by atoms with Crippen LogP contribution in [0, 0.1) is 0 Å². The molecular formula is C23H27N5O4S. The number of hydrogen-bond acceptors (Lipinski definition) is 5. The second-order valence-corrected chi connectivity index (χ2v) is 9.24. The zero-order valence-corrected chi connectivity index (χ0v) is 19.5. The molecule has 0 fully saturated rings. The number of amides is 2. The topological polar surface area (TPSA) is 113 Å². The van der Waals surface area contributed by atoms with Crippen LogP contribution in [0.15, 0.2) is 71.9 Å². The van der Waals surface area contributed by atoms with E-state index in [0.717, 1.165) is 0 Å². The highest BCUT2D eigenvalue weighted by molar-refractivity contribution is 7.89. The highest BCUT2D eigenvalue weighted by Gasteiger charge is 2.22. The van der Waals surface area contributed by atoms with E-state index < -0.39 is 22.0 Å². The van der Waals surface area contributed by atoms with Gasteiger partial charge in [0.1, 0.15) is 6.04 Å². The van der Waals surface area contributed by atoms with Gasteiger partial charge in [0, 0.05) is 42.4 Å². The Hall–Kier alpha value is -3.50. The predicted molar refractivity (Wildman–Crippen MR) is 127 cm³/mol. The lowest BCUT2D eigenvalue weighted by molar-refractivity contribution is -0.119. The van der Waals surface area contributed by atoms with Crippen LogP contribution in [0.25, 0.3) is 0 Å². The zero-order valence-electron chi connectivity index (χ0n) is 18.7. The number of carbonyl (C=O) groups excluding carboxylic acids is 2. The van der Waals surface area contributed by atoms with Crippen molar-refractivity contribution >= 4 is 33.2 Å². The van der Waals surface area contributed by atoms with Gasteiger partial charge in [0.25, 0.3) is 5.91 Å². The smallest absolute Gasteiger partial charge is 0.255 e. The quantitative estimate of drug-likeness (QED) is 0.499. The highest BCUT2D eigenvalue weighted by atomic mass is 32.2. The van der Waals surface area contributed by atoms with Crippen LogP contribution in [0.3, 0.4) is 0 Å². The lowest BCUT2D eigenvalue weighted by atomic mass is 10.2. The fourth-order valence-electron chi connectivity index (χ4n) is 3.25. The normalized spacial score (nSPS) is 12.4. The van der Waals surface area contributed by atoms with Gasteiger partial charge in [-0.05, 0) is 55.5 Å². The molecule has 0 unspecified atom stereocenters. The number of aromatic nitrogens is 2. The van der Waals surface area contributed by atoms with Crippen LogP contribution in [-0.2, 0) is 14.8 Å². The maximum absolute atomic E-state index is 12.6. The molecule has 9 nitrogen and oxygen atoms in total. The van der Waals surface area contributed by atoms with E-state index in [1.807, 2.05) is 0 Å². The van der Waals surface area contributed by atoms with Crippen molar-refractivity contribution in [2.75, 3.05) is 23.7 Å². The molecule has 33 heavy (non-hydrogen) atoms. The number of benzene rings is 2. The number of nitrogens with zero attached hydrogens (tertiary/aromatic N) is 3. The van der Waals surface area contributed by atoms with Crippen LogP contribution in [0.4, 0.5) is 11.4 Å². The molecule has 0 saturated heterocycles. The van der Waals surface area contributed by atoms with Crippen LogP contribution in [0.5, 0.6) is 0 Å². The Kier molecular flexibility index (Phi) is 7.62. The lowest BCUT2D eigenvalue weighted by Gasteiger charge is -2.18. The Morgan fingerprint density at radius 1 is 1.00 bits per heavy atom. The van der Waals surface area contributed by atoms with E-state index >= 15 is 0 Å². The molecule has 3 rings (SSSR count). The first-order valence-corrected chi connectivity index (χ1v) is 12.0. The van der Waals surface area contributed by atoms with Crippen molar-refractivity contribution in [3.8, 4) is 0 Å². The molecule has 0 spiro atoms. The van der Waals surface area contributed by atoms with Crippen molar-refractivity contribution in [2.45, 2.75) is 31.7 Å². The molecule has 0 aliphatic heterocycles. The molecule has 3 aromatic rings. The number of anilines is 2. The van der Waals surface area contributed by atoms with Crippen LogP contribution in [-0.4, -0.2) is 47.4 Å². The van der Waals surface area contributed by atoms with Gasteiger partial charge >= 0.3 is 0 Å². The first-order chi connectivity index (χ1) is 15.8. The number of rotatable bonds is 9. The molecule has 0 bridgehead atoms. The van der Waals surface area contributed by atoms with Crippen molar-refractivity contribution in [3.63, 3.8) is 0 Å². The molecule has 2 amide bonds. The number of carbonyl (C=O) groups is 2. The molecule has 0 aliphatic rings. The van der Waals surface area contributed by atoms with Gasteiger partial charge < -0.3 is 10.6 Å². The van der Waals surface area contributed by atoms with Crippen LogP contribution in [0.2, 0.25) is 0 Å². The summed E-state index contributed by atoms with van der Waals surface area (Å²) in [6.07, 6.45) is 3.31. The van der Waals surface area contributed by atoms with Gasteiger partial charge in [-0.25, -0.2) is 8.42 Å². The molecule has 1 atom stereocenters. The minimum Gasteiger partial charge on any atom is -0.324 e. The third-order valence-corrected chi connectivity index (χ3v) is 7.21. The largest absolute Gasteiger partial charge is 0.324 e. The molecule has 0 radical (unpaired) electrons. The molecule has 1 aromatic heterocycles. The first-order valence-electron chi connectivity index (χ1n) is 10.6. The summed E-state index contributed by atoms with van der Waals surface area (Å²) in [6.45, 7) is 6.02. The molecule has 0 saturated carbocycles. The van der Waals surface area contributed by atoms with Crippen LogP contribution in [0.1, 0.15) is 37.2 Å². The van der Waals surface area contributed by atoms with E-state index in [-0.39, 0.29) is 10.8 Å². The van der Waals surface area contributed by atoms with E-state index in [9.17, 15) is 18.0 Å². The molecule has 0 aliphatic carbocycles. The summed E-state index contributed by atoms with van der Waals surface area (Å²) in [4.78, 5) is 25.2. The number of sulfonamides is 1. The zero-order chi connectivity index (χ0) is 24.0. The van der Waals surface area contributed by atoms with Crippen LogP contribution >= 0.6 is 0 Å². The SMILES string of the molecule is CCN(CC)S(=O)(=O)c1ccc(C(=O)Nc2cccc(NC(=O)[C@H](C)n3cccn3)c2)cc1. The summed E-state index contributed by atoms with van der Waals surface area (Å²) < 4.78 is 28.1. The van der Waals surface area contributed by atoms with Gasteiger partial charge in [0.15, 0.2) is 0 Å². The maximum atomic E-state index is 12.6. The molecule has 174 valence electrons. The van der Waals surface area contributed by atoms with E-state index in [4.69, 9.17) is 0 Å². The Morgan fingerprint density at radius 2 is 1.64 bits per heavy atom. The standard InChI is InChI=1S/C23H27N5O4S/c1-4-27(5-2)33(31,32)21-12-10-18(11-13-21)23(30)26-20-9-6-8-19(16-20)25-22(29)17(3)28-15-7-14-24-28/h6-17H,4-5H2,1-3H3,(H,25,29)(H,26,30)/t17-/m0/s1. The molecule has 2 aromatic carbocycles. The van der Waals surface area contributed by atoms with Gasteiger partial charge in [0.2, 0.25) is 15.9 Å². The van der Waals surface area contributed by atoms with Crippen molar-refractivity contribution in [1.29, 1.82) is 0 Å². The molecule has 2 N–H and O–H groups in total. The van der Waals surface area contributed by atoms with Gasteiger partial charge in [-0.1, -0.05) is 19.9 Å². The van der Waals surface area contributed by atoms with Gasteiger partial charge in [-0.15, -0.1) is 0 Å².